The van der Waals surface area contributed by atoms with Crippen LogP contribution in [0.2, 0.25) is 0 Å². The molecule has 10 rings (SSSR count). The Morgan fingerprint density at radius 2 is 1.77 bits per heavy atom. The zero-order valence-corrected chi connectivity index (χ0v) is 37.1. The van der Waals surface area contributed by atoms with Gasteiger partial charge >= 0.3 is 0 Å². The summed E-state index contributed by atoms with van der Waals surface area (Å²) in [6.07, 6.45) is 7.61. The van der Waals surface area contributed by atoms with E-state index in [9.17, 15) is 32.8 Å². The van der Waals surface area contributed by atoms with Crippen LogP contribution in [-0.2, 0) is 45.6 Å². The highest BCUT2D eigenvalue weighted by Gasteiger charge is 2.36. The molecule has 0 radical (unpaired) electrons. The monoisotopic (exact) mass is 901 g/mol. The van der Waals surface area contributed by atoms with Gasteiger partial charge < -0.3 is 24.9 Å². The Hall–Kier alpha value is -6.72. The number of alkyl halides is 2. The number of imide groups is 1. The fourth-order valence-electron chi connectivity index (χ4n) is 10.6. The first-order valence-electron chi connectivity index (χ1n) is 23.0. The van der Waals surface area contributed by atoms with E-state index in [4.69, 9.17) is 5.10 Å². The van der Waals surface area contributed by atoms with Gasteiger partial charge in [-0.1, -0.05) is 0 Å². The summed E-state index contributed by atoms with van der Waals surface area (Å²) in [5, 5.41) is 15.4. The molecule has 66 heavy (non-hydrogen) atoms. The minimum atomic E-state index is -2.69. The van der Waals surface area contributed by atoms with Crippen molar-refractivity contribution in [2.75, 3.05) is 49.1 Å². The number of pyridine rings is 1. The van der Waals surface area contributed by atoms with E-state index in [0.717, 1.165) is 84.6 Å². The highest BCUT2D eigenvalue weighted by atomic mass is 19.3. The number of aromatic nitrogens is 5. The third-order valence-electron chi connectivity index (χ3n) is 14.1. The predicted octanol–water partition coefficient (Wildman–Crippen LogP) is 5.37. The van der Waals surface area contributed by atoms with Gasteiger partial charge in [0.1, 0.15) is 6.04 Å². The lowest BCUT2D eigenvalue weighted by Crippen LogP contribution is -2.52. The van der Waals surface area contributed by atoms with Crippen molar-refractivity contribution in [1.82, 2.24) is 45.0 Å². The Morgan fingerprint density at radius 1 is 0.955 bits per heavy atom. The van der Waals surface area contributed by atoms with Crippen LogP contribution >= 0.6 is 0 Å². The third kappa shape index (κ3) is 8.14. The number of piperidine rings is 2. The number of hydrogen-bond donors (Lipinski definition) is 2. The molecule has 5 aliphatic heterocycles. The molecule has 2 N–H and O–H groups in total. The summed E-state index contributed by atoms with van der Waals surface area (Å²) in [4.78, 5) is 76.1. The molecule has 2 aromatic carbocycles. The third-order valence-corrected chi connectivity index (χ3v) is 14.1. The summed E-state index contributed by atoms with van der Waals surface area (Å²) in [6, 6.07) is 10.2. The fraction of sp³-hybridized carbons (Fsp3) is 0.458. The van der Waals surface area contributed by atoms with Crippen molar-refractivity contribution < 1.29 is 32.8 Å². The van der Waals surface area contributed by atoms with Gasteiger partial charge in [-0.15, -0.1) is 0 Å². The maximum absolute atomic E-state index is 14.7. The number of rotatable bonds is 10. The molecule has 0 saturated carbocycles. The van der Waals surface area contributed by atoms with Gasteiger partial charge in [-0.3, -0.25) is 43.6 Å². The zero-order valence-electron chi connectivity index (χ0n) is 37.1. The molecule has 1 unspecified atom stereocenters. The van der Waals surface area contributed by atoms with Crippen molar-refractivity contribution in [3.05, 3.63) is 82.9 Å². The van der Waals surface area contributed by atoms with E-state index >= 15 is 0 Å². The number of amides is 5. The summed E-state index contributed by atoms with van der Waals surface area (Å²) in [5.41, 5.74) is 6.66. The van der Waals surface area contributed by atoms with E-state index in [1.807, 2.05) is 34.1 Å². The Balaban J connectivity index is 0.785. The second-order valence-electron chi connectivity index (χ2n) is 18.3. The predicted molar refractivity (Wildman–Crippen MR) is 241 cm³/mol. The largest absolute Gasteiger partial charge is 0.370 e. The first kappa shape index (κ1) is 43.2. The lowest BCUT2D eigenvalue weighted by molar-refractivity contribution is -0.135. The summed E-state index contributed by atoms with van der Waals surface area (Å²) < 4.78 is 33.2. The Labute approximate surface area is 380 Å². The van der Waals surface area contributed by atoms with Crippen LogP contribution in [0.15, 0.2) is 55.0 Å². The molecule has 3 fully saturated rings. The highest BCUT2D eigenvalue weighted by molar-refractivity contribution is 6.10. The molecule has 5 aliphatic rings. The van der Waals surface area contributed by atoms with Crippen LogP contribution in [0, 0.1) is 5.92 Å². The van der Waals surface area contributed by atoms with Gasteiger partial charge in [0, 0.05) is 124 Å². The molecular weight excluding hydrogens is 849 g/mol. The first-order chi connectivity index (χ1) is 31.9. The number of hydrogen-bond acceptors (Lipinski definition) is 10. The molecule has 0 aliphatic carbocycles. The second-order valence-corrected chi connectivity index (χ2v) is 18.3. The van der Waals surface area contributed by atoms with Crippen LogP contribution < -0.4 is 20.4 Å². The van der Waals surface area contributed by atoms with Gasteiger partial charge in [0.2, 0.25) is 23.6 Å². The molecule has 18 heteroatoms. The minimum Gasteiger partial charge on any atom is -0.370 e. The van der Waals surface area contributed by atoms with Crippen LogP contribution in [0.1, 0.15) is 97.1 Å². The van der Waals surface area contributed by atoms with Crippen molar-refractivity contribution in [1.29, 1.82) is 0 Å². The van der Waals surface area contributed by atoms with E-state index in [1.165, 1.54) is 0 Å². The van der Waals surface area contributed by atoms with E-state index in [2.05, 4.69) is 35.2 Å². The number of aryl methyl sites for hydroxylation is 2. The van der Waals surface area contributed by atoms with Gasteiger partial charge in [0.05, 0.1) is 29.9 Å². The highest BCUT2D eigenvalue weighted by Crippen LogP contribution is 2.44. The Kier molecular flexibility index (Phi) is 11.5. The average Bonchev–Trinajstić information content (AvgIpc) is 3.92. The minimum absolute atomic E-state index is 0.0170. The zero-order chi connectivity index (χ0) is 45.8. The number of anilines is 3. The van der Waals surface area contributed by atoms with Crippen LogP contribution in [0.5, 0.6) is 0 Å². The molecule has 5 amide bonds. The topological polar surface area (TPSA) is 171 Å². The smallest absolute Gasteiger partial charge is 0.264 e. The lowest BCUT2D eigenvalue weighted by atomic mass is 9.92. The summed E-state index contributed by atoms with van der Waals surface area (Å²) in [5.74, 6) is -0.116. The Morgan fingerprint density at radius 3 is 2.52 bits per heavy atom. The first-order valence-corrected chi connectivity index (χ1v) is 23.0. The summed E-state index contributed by atoms with van der Waals surface area (Å²) >= 11 is 0. The molecule has 3 saturated heterocycles. The lowest BCUT2D eigenvalue weighted by Gasteiger charge is -2.42. The molecule has 344 valence electrons. The summed E-state index contributed by atoms with van der Waals surface area (Å²) in [7, 11) is 1.77. The maximum Gasteiger partial charge on any atom is 0.264 e. The number of carbonyl (C=O) groups is 5. The van der Waals surface area contributed by atoms with Gasteiger partial charge in [-0.05, 0) is 92.0 Å². The van der Waals surface area contributed by atoms with Crippen LogP contribution in [0.3, 0.4) is 0 Å². The molecule has 0 spiro atoms. The van der Waals surface area contributed by atoms with Crippen molar-refractivity contribution in [3.8, 4) is 11.1 Å². The normalized spacial score (nSPS) is 19.2. The number of fused-ring (bicyclic) bond motifs is 3. The van der Waals surface area contributed by atoms with Gasteiger partial charge in [0.25, 0.3) is 12.3 Å². The standard InChI is InChI=1S/C48H53F2N11O5/c1-28(62)58-20-15-40-37(27-58)46(60-17-4-5-30-21-35(31-23-52-56(2)26-31)36(45(49)50)22-41(30)60)55-61(40)32-13-18-57(19-14-32)43(64)12-7-29-24-59(25-29)39-10-8-34(44-33(39)6-3-16-51-44)47(65)53-38-9-11-42(63)54-48(38)66/h3,6,8,10,16,21-23,26,29,32,38,45H,4-5,7,9,11-15,17-20,24-25,27H2,1-2H3,(H,53,65)(H,54,63,66). The van der Waals surface area contributed by atoms with Gasteiger partial charge in [0.15, 0.2) is 5.82 Å². The molecule has 3 aromatic heterocycles. The molecule has 0 bridgehead atoms. The quantitative estimate of drug-likeness (QED) is 0.174. The SMILES string of the molecule is CC(=O)N1CCc2c(c(N3CCCc4cc(-c5cnn(C)c5)c(C(F)F)cc43)nn2C2CCN(C(=O)CCC3CN(c4ccc(C(=O)NC5CCC(=O)NC5=O)c5ncccc45)C3)CC2)C1. The number of benzene rings is 2. The van der Waals surface area contributed by atoms with E-state index in [-0.39, 0.29) is 42.2 Å². The van der Waals surface area contributed by atoms with Gasteiger partial charge in [-0.25, -0.2) is 8.78 Å². The number of likely N-dealkylation sites (tertiary alicyclic amines) is 1. The maximum atomic E-state index is 14.7. The van der Waals surface area contributed by atoms with Crippen LogP contribution in [0.4, 0.5) is 26.0 Å². The van der Waals surface area contributed by atoms with Crippen molar-refractivity contribution in [2.24, 2.45) is 13.0 Å². The summed E-state index contributed by atoms with van der Waals surface area (Å²) in [6.45, 7) is 5.92. The van der Waals surface area contributed by atoms with Gasteiger partial charge in [-0.2, -0.15) is 10.2 Å². The molecule has 5 aromatic rings. The molecular formula is C48H53F2N11O5. The molecule has 16 nitrogen and oxygen atoms in total. The average molecular weight is 902 g/mol. The number of nitrogens with one attached hydrogen (secondary N) is 2. The van der Waals surface area contributed by atoms with E-state index in [0.29, 0.717) is 73.7 Å². The molecule has 8 heterocycles. The van der Waals surface area contributed by atoms with Crippen molar-refractivity contribution in [3.63, 3.8) is 0 Å². The number of nitrogens with zero attached hydrogens (tertiary/aromatic N) is 9. The van der Waals surface area contributed by atoms with Crippen molar-refractivity contribution >= 4 is 57.6 Å². The Bertz CT molecular complexity index is 2760. The van der Waals surface area contributed by atoms with Crippen LogP contribution in [0.25, 0.3) is 22.0 Å². The van der Waals surface area contributed by atoms with Crippen LogP contribution in [-0.4, -0.2) is 109 Å². The van der Waals surface area contributed by atoms with E-state index in [1.54, 1.807) is 49.4 Å². The number of halogens is 2. The second kappa shape index (κ2) is 17.6. The van der Waals surface area contributed by atoms with E-state index < -0.39 is 24.3 Å². The molecule has 1 atom stereocenters. The number of carbonyl (C=O) groups excluding carboxylic acids is 5. The van der Waals surface area contributed by atoms with Crippen molar-refractivity contribution in [2.45, 2.75) is 89.8 Å². The fourth-order valence-corrected chi connectivity index (χ4v) is 10.6.